The third-order valence-electron chi connectivity index (χ3n) is 2.90. The van der Waals surface area contributed by atoms with E-state index in [-0.39, 0.29) is 0 Å². The number of likely N-dealkylation sites (N-methyl/N-ethyl adjacent to an activating group) is 1. The fraction of sp³-hybridized carbons (Fsp3) is 0.615. The average Bonchev–Trinajstić information content (AvgIpc) is 2.45. The number of rotatable bonds is 1. The zero-order valence-corrected chi connectivity index (χ0v) is 10.1. The molecule has 1 heterocycles. The molecular weight excluding hydrogens is 184 g/mol. The van der Waals surface area contributed by atoms with E-state index >= 15 is 0 Å². The average molecular weight is 204 g/mol. The summed E-state index contributed by atoms with van der Waals surface area (Å²) in [6, 6.07) is 0.453. The third kappa shape index (κ3) is 2.31. The molecule has 2 atom stereocenters. The molecule has 82 valence electrons. The summed E-state index contributed by atoms with van der Waals surface area (Å²) in [5.74, 6) is 0.484. The molecule has 15 heavy (non-hydrogen) atoms. The second-order valence-corrected chi connectivity index (χ2v) is 5.74. The van der Waals surface area contributed by atoms with Crippen LogP contribution in [0.25, 0.3) is 0 Å². The van der Waals surface area contributed by atoms with Gasteiger partial charge in [-0.15, -0.1) is 0 Å². The van der Waals surface area contributed by atoms with Crippen molar-refractivity contribution >= 4 is 6.21 Å². The smallest absolute Gasteiger partial charge is 0.0763 e. The number of fused-ring (bicyclic) bond motifs is 1. The lowest BCUT2D eigenvalue weighted by Crippen LogP contribution is -2.28. The van der Waals surface area contributed by atoms with E-state index in [2.05, 4.69) is 50.3 Å². The Labute approximate surface area is 92.4 Å². The summed E-state index contributed by atoms with van der Waals surface area (Å²) in [7, 11) is 2.04. The number of hydrogen-bond acceptors (Lipinski definition) is 2. The van der Waals surface area contributed by atoms with E-state index in [0.29, 0.717) is 17.4 Å². The Balaban J connectivity index is 2.09. The molecule has 2 aliphatic rings. The monoisotopic (exact) mass is 204 g/mol. The quantitative estimate of drug-likeness (QED) is 0.641. The Morgan fingerprint density at radius 1 is 1.40 bits per heavy atom. The molecule has 0 spiro atoms. The van der Waals surface area contributed by atoms with Gasteiger partial charge in [0.25, 0.3) is 0 Å². The Morgan fingerprint density at radius 2 is 2.13 bits per heavy atom. The summed E-state index contributed by atoms with van der Waals surface area (Å²) in [4.78, 5) is 0. The summed E-state index contributed by atoms with van der Waals surface area (Å²) in [6.45, 7) is 6.84. The second kappa shape index (κ2) is 3.51. The molecule has 2 nitrogen and oxygen atoms in total. The van der Waals surface area contributed by atoms with E-state index in [1.807, 2.05) is 12.1 Å². The van der Waals surface area contributed by atoms with E-state index in [1.54, 1.807) is 0 Å². The number of allylic oxidation sites excluding steroid dienone is 2. The van der Waals surface area contributed by atoms with Gasteiger partial charge < -0.3 is 0 Å². The Morgan fingerprint density at radius 3 is 2.80 bits per heavy atom. The molecule has 2 rings (SSSR count). The maximum Gasteiger partial charge on any atom is 0.0763 e. The molecule has 0 saturated carbocycles. The van der Waals surface area contributed by atoms with Crippen molar-refractivity contribution in [2.45, 2.75) is 33.2 Å². The van der Waals surface area contributed by atoms with Crippen molar-refractivity contribution in [3.63, 3.8) is 0 Å². The van der Waals surface area contributed by atoms with E-state index in [9.17, 15) is 0 Å². The first-order valence-corrected chi connectivity index (χ1v) is 5.61. The van der Waals surface area contributed by atoms with Crippen LogP contribution in [-0.4, -0.2) is 24.3 Å². The summed E-state index contributed by atoms with van der Waals surface area (Å²) < 4.78 is 0. The van der Waals surface area contributed by atoms with Crippen LogP contribution in [0.15, 0.2) is 28.9 Å². The molecule has 0 aromatic rings. The van der Waals surface area contributed by atoms with Crippen LogP contribution in [0.4, 0.5) is 0 Å². The Kier molecular flexibility index (Phi) is 2.45. The third-order valence-corrected chi connectivity index (χ3v) is 2.90. The van der Waals surface area contributed by atoms with Gasteiger partial charge in [-0.3, -0.25) is 5.01 Å². The number of hydrogen-bond donors (Lipinski definition) is 0. The van der Waals surface area contributed by atoms with Crippen molar-refractivity contribution in [1.82, 2.24) is 5.01 Å². The van der Waals surface area contributed by atoms with Crippen molar-refractivity contribution in [2.75, 3.05) is 7.05 Å². The highest BCUT2D eigenvalue weighted by Gasteiger charge is 2.27. The van der Waals surface area contributed by atoms with Crippen LogP contribution in [0.5, 0.6) is 0 Å². The Bertz CT molecular complexity index is 331. The van der Waals surface area contributed by atoms with Gasteiger partial charge in [0.05, 0.1) is 6.04 Å². The van der Waals surface area contributed by atoms with Gasteiger partial charge in [0.2, 0.25) is 0 Å². The molecule has 0 aromatic carbocycles. The van der Waals surface area contributed by atoms with Crippen LogP contribution in [0.1, 0.15) is 27.2 Å². The first-order chi connectivity index (χ1) is 6.96. The first kappa shape index (κ1) is 10.5. The zero-order chi connectivity index (χ0) is 11.1. The summed E-state index contributed by atoms with van der Waals surface area (Å²) >= 11 is 0. The van der Waals surface area contributed by atoms with Crippen molar-refractivity contribution in [2.24, 2.45) is 16.4 Å². The van der Waals surface area contributed by atoms with Crippen LogP contribution in [0, 0.1) is 11.3 Å². The number of hydrazone groups is 1. The van der Waals surface area contributed by atoms with Gasteiger partial charge in [-0.05, 0) is 11.8 Å². The molecule has 0 fully saturated rings. The highest BCUT2D eigenvalue weighted by atomic mass is 15.5. The fourth-order valence-corrected chi connectivity index (χ4v) is 2.25. The molecule has 0 amide bonds. The lowest BCUT2D eigenvalue weighted by Gasteiger charge is -2.26. The normalized spacial score (nSPS) is 29.3. The maximum atomic E-state index is 4.32. The van der Waals surface area contributed by atoms with Gasteiger partial charge in [-0.2, -0.15) is 5.10 Å². The van der Waals surface area contributed by atoms with Gasteiger partial charge >= 0.3 is 0 Å². The van der Waals surface area contributed by atoms with Crippen molar-refractivity contribution in [3.05, 3.63) is 23.8 Å². The second-order valence-electron chi connectivity index (χ2n) is 5.74. The SMILES string of the molecule is CN1N=CC2C=C(CC(C)(C)C)C=CC21. The van der Waals surface area contributed by atoms with Gasteiger partial charge in [0.15, 0.2) is 0 Å². The molecule has 0 saturated heterocycles. The van der Waals surface area contributed by atoms with Crippen LogP contribution >= 0.6 is 0 Å². The molecule has 0 aromatic heterocycles. The molecule has 0 bridgehead atoms. The highest BCUT2D eigenvalue weighted by molar-refractivity contribution is 5.68. The lowest BCUT2D eigenvalue weighted by atomic mass is 9.83. The molecule has 2 unspecified atom stereocenters. The fourth-order valence-electron chi connectivity index (χ4n) is 2.25. The summed E-state index contributed by atoms with van der Waals surface area (Å²) in [5, 5.41) is 6.36. The standard InChI is InChI=1S/C13H20N2/c1-13(2,3)8-10-5-6-12-11(7-10)9-14-15(12)4/h5-7,9,11-12H,8H2,1-4H3. The Hall–Kier alpha value is -1.05. The molecule has 1 aliphatic heterocycles. The van der Waals surface area contributed by atoms with Gasteiger partial charge in [0, 0.05) is 19.2 Å². The predicted octanol–water partition coefficient (Wildman–Crippen LogP) is 2.83. The van der Waals surface area contributed by atoms with Crippen LogP contribution in [0.2, 0.25) is 0 Å². The van der Waals surface area contributed by atoms with Gasteiger partial charge in [0.1, 0.15) is 0 Å². The molecule has 2 heteroatoms. The summed E-state index contributed by atoms with van der Waals surface area (Å²) in [5.41, 5.74) is 1.82. The van der Waals surface area contributed by atoms with Crippen molar-refractivity contribution < 1.29 is 0 Å². The topological polar surface area (TPSA) is 15.6 Å². The van der Waals surface area contributed by atoms with E-state index in [1.165, 1.54) is 5.57 Å². The van der Waals surface area contributed by atoms with E-state index in [0.717, 1.165) is 6.42 Å². The maximum absolute atomic E-state index is 4.32. The predicted molar refractivity (Wildman–Crippen MR) is 64.8 cm³/mol. The lowest BCUT2D eigenvalue weighted by molar-refractivity contribution is 0.305. The summed E-state index contributed by atoms with van der Waals surface area (Å²) in [6.07, 6.45) is 10.1. The minimum absolute atomic E-state index is 0.366. The minimum atomic E-state index is 0.366. The van der Waals surface area contributed by atoms with E-state index < -0.39 is 0 Å². The van der Waals surface area contributed by atoms with E-state index in [4.69, 9.17) is 0 Å². The zero-order valence-electron chi connectivity index (χ0n) is 10.1. The van der Waals surface area contributed by atoms with Gasteiger partial charge in [-0.1, -0.05) is 44.6 Å². The van der Waals surface area contributed by atoms with Crippen LogP contribution in [0.3, 0.4) is 0 Å². The molecular formula is C13H20N2. The minimum Gasteiger partial charge on any atom is -0.293 e. The molecule has 0 N–H and O–H groups in total. The highest BCUT2D eigenvalue weighted by Crippen LogP contribution is 2.31. The van der Waals surface area contributed by atoms with Crippen molar-refractivity contribution in [3.8, 4) is 0 Å². The largest absolute Gasteiger partial charge is 0.293 e. The first-order valence-electron chi connectivity index (χ1n) is 5.61. The molecule has 1 aliphatic carbocycles. The number of nitrogens with zero attached hydrogens (tertiary/aromatic N) is 2. The van der Waals surface area contributed by atoms with Crippen LogP contribution < -0.4 is 0 Å². The van der Waals surface area contributed by atoms with Crippen LogP contribution in [-0.2, 0) is 0 Å². The van der Waals surface area contributed by atoms with Crippen molar-refractivity contribution in [1.29, 1.82) is 0 Å². The molecule has 0 radical (unpaired) electrons. The van der Waals surface area contributed by atoms with Gasteiger partial charge in [-0.25, -0.2) is 0 Å².